The SMILES string of the molecule is COCC1(CNS(=O)(=O)c2ccc(C)c(NC(C)=O)c2)CCNCC1.Cl. The van der Waals surface area contributed by atoms with Crippen molar-refractivity contribution in [3.63, 3.8) is 0 Å². The highest BCUT2D eigenvalue weighted by molar-refractivity contribution is 7.89. The van der Waals surface area contributed by atoms with E-state index in [0.29, 0.717) is 18.8 Å². The number of hydrogen-bond acceptors (Lipinski definition) is 5. The molecular weight excluding hydrogens is 378 g/mol. The summed E-state index contributed by atoms with van der Waals surface area (Å²) in [6.45, 7) is 5.75. The van der Waals surface area contributed by atoms with Gasteiger partial charge in [-0.1, -0.05) is 6.07 Å². The van der Waals surface area contributed by atoms with Crippen LogP contribution in [0.2, 0.25) is 0 Å². The minimum Gasteiger partial charge on any atom is -0.384 e. The first-order chi connectivity index (χ1) is 11.8. The standard InChI is InChI=1S/C17H27N3O4S.ClH/c1-13-4-5-15(10-16(13)20-14(2)21)25(22,23)19-11-17(12-24-3)6-8-18-9-7-17;/h4-5,10,18-19H,6-9,11-12H2,1-3H3,(H,20,21);1H. The van der Waals surface area contributed by atoms with Crippen LogP contribution in [0, 0.1) is 12.3 Å². The van der Waals surface area contributed by atoms with E-state index < -0.39 is 10.0 Å². The van der Waals surface area contributed by atoms with E-state index in [1.807, 2.05) is 6.92 Å². The number of benzene rings is 1. The summed E-state index contributed by atoms with van der Waals surface area (Å²) < 4.78 is 33.4. The van der Waals surface area contributed by atoms with Crippen LogP contribution in [0.3, 0.4) is 0 Å². The topological polar surface area (TPSA) is 96.5 Å². The summed E-state index contributed by atoms with van der Waals surface area (Å²) >= 11 is 0. The zero-order valence-electron chi connectivity index (χ0n) is 15.4. The third-order valence-corrected chi connectivity index (χ3v) is 5.98. The first-order valence-electron chi connectivity index (χ1n) is 8.36. The Balaban J connectivity index is 0.00000338. The number of amides is 1. The van der Waals surface area contributed by atoms with Crippen LogP contribution in [-0.2, 0) is 19.6 Å². The van der Waals surface area contributed by atoms with Crippen LogP contribution in [0.25, 0.3) is 0 Å². The van der Waals surface area contributed by atoms with Gasteiger partial charge in [-0.25, -0.2) is 13.1 Å². The molecule has 0 bridgehead atoms. The Morgan fingerprint density at radius 1 is 1.31 bits per heavy atom. The maximum absolute atomic E-state index is 12.7. The number of carbonyl (C=O) groups excluding carboxylic acids is 1. The molecule has 1 aliphatic rings. The van der Waals surface area contributed by atoms with Crippen LogP contribution >= 0.6 is 12.4 Å². The molecule has 2 rings (SSSR count). The Kier molecular flexibility index (Phi) is 8.49. The number of hydrogen-bond donors (Lipinski definition) is 3. The summed E-state index contributed by atoms with van der Waals surface area (Å²) in [4.78, 5) is 11.4. The molecule has 7 nitrogen and oxygen atoms in total. The number of sulfonamides is 1. The average Bonchev–Trinajstić information content (AvgIpc) is 2.56. The Labute approximate surface area is 161 Å². The van der Waals surface area contributed by atoms with Gasteiger partial charge >= 0.3 is 0 Å². The zero-order valence-corrected chi connectivity index (χ0v) is 17.1. The number of anilines is 1. The minimum atomic E-state index is -3.67. The molecule has 0 unspecified atom stereocenters. The molecule has 1 aromatic rings. The summed E-state index contributed by atoms with van der Waals surface area (Å²) in [5, 5.41) is 5.95. The molecule has 0 radical (unpaired) electrons. The molecule has 0 aliphatic carbocycles. The summed E-state index contributed by atoms with van der Waals surface area (Å²) in [6.07, 6.45) is 1.71. The number of piperidine rings is 1. The summed E-state index contributed by atoms with van der Waals surface area (Å²) in [5.41, 5.74) is 1.12. The van der Waals surface area contributed by atoms with Crippen LogP contribution in [0.15, 0.2) is 23.1 Å². The number of ether oxygens (including phenoxy) is 1. The fourth-order valence-corrected chi connectivity index (χ4v) is 4.24. The molecule has 1 saturated heterocycles. The van der Waals surface area contributed by atoms with Gasteiger partial charge in [0.25, 0.3) is 0 Å². The van der Waals surface area contributed by atoms with Gasteiger partial charge in [-0.3, -0.25) is 4.79 Å². The van der Waals surface area contributed by atoms with E-state index >= 15 is 0 Å². The van der Waals surface area contributed by atoms with Crippen molar-refractivity contribution < 1.29 is 17.9 Å². The van der Waals surface area contributed by atoms with Crippen molar-refractivity contribution in [3.8, 4) is 0 Å². The van der Waals surface area contributed by atoms with Crippen molar-refractivity contribution in [1.82, 2.24) is 10.0 Å². The fourth-order valence-electron chi connectivity index (χ4n) is 3.06. The Bertz CT molecular complexity index is 713. The second-order valence-corrected chi connectivity index (χ2v) is 8.43. The van der Waals surface area contributed by atoms with Gasteiger partial charge in [-0.15, -0.1) is 12.4 Å². The van der Waals surface area contributed by atoms with Crippen molar-refractivity contribution in [3.05, 3.63) is 23.8 Å². The fraction of sp³-hybridized carbons (Fsp3) is 0.588. The zero-order chi connectivity index (χ0) is 18.5. The van der Waals surface area contributed by atoms with Crippen LogP contribution in [-0.4, -0.2) is 47.7 Å². The monoisotopic (exact) mass is 405 g/mol. The van der Waals surface area contributed by atoms with Crippen LogP contribution < -0.4 is 15.4 Å². The maximum Gasteiger partial charge on any atom is 0.240 e. The lowest BCUT2D eigenvalue weighted by Gasteiger charge is -2.37. The highest BCUT2D eigenvalue weighted by Crippen LogP contribution is 2.29. The van der Waals surface area contributed by atoms with E-state index in [9.17, 15) is 13.2 Å². The third kappa shape index (κ3) is 5.92. The van der Waals surface area contributed by atoms with Gasteiger partial charge in [0.15, 0.2) is 0 Å². The number of aryl methyl sites for hydroxylation is 1. The van der Waals surface area contributed by atoms with E-state index in [0.717, 1.165) is 31.5 Å². The summed E-state index contributed by atoms with van der Waals surface area (Å²) in [5.74, 6) is -0.237. The molecule has 1 aromatic carbocycles. The smallest absolute Gasteiger partial charge is 0.240 e. The van der Waals surface area contributed by atoms with Crippen molar-refractivity contribution in [2.24, 2.45) is 5.41 Å². The molecule has 1 fully saturated rings. The Morgan fingerprint density at radius 2 is 1.96 bits per heavy atom. The van der Waals surface area contributed by atoms with Gasteiger partial charge in [-0.2, -0.15) is 0 Å². The average molecular weight is 406 g/mol. The first-order valence-corrected chi connectivity index (χ1v) is 9.84. The maximum atomic E-state index is 12.7. The molecule has 0 spiro atoms. The number of rotatable bonds is 7. The molecule has 0 aromatic heterocycles. The lowest BCUT2D eigenvalue weighted by atomic mass is 9.80. The molecule has 148 valence electrons. The number of methoxy groups -OCH3 is 1. The van der Waals surface area contributed by atoms with Crippen LogP contribution in [0.1, 0.15) is 25.3 Å². The normalized spacial score (nSPS) is 16.6. The Hall–Kier alpha value is -1.19. The van der Waals surface area contributed by atoms with Crippen molar-refractivity contribution in [2.75, 3.05) is 38.7 Å². The number of carbonyl (C=O) groups is 1. The largest absolute Gasteiger partial charge is 0.384 e. The molecule has 3 N–H and O–H groups in total. The van der Waals surface area contributed by atoms with E-state index in [1.165, 1.54) is 13.0 Å². The molecule has 0 saturated carbocycles. The predicted molar refractivity (Wildman–Crippen MR) is 104 cm³/mol. The van der Waals surface area contributed by atoms with Crippen molar-refractivity contribution in [1.29, 1.82) is 0 Å². The van der Waals surface area contributed by atoms with Crippen molar-refractivity contribution in [2.45, 2.75) is 31.6 Å². The van der Waals surface area contributed by atoms with Crippen LogP contribution in [0.4, 0.5) is 5.69 Å². The highest BCUT2D eigenvalue weighted by Gasteiger charge is 2.33. The van der Waals surface area contributed by atoms with Gasteiger partial charge in [0, 0.05) is 31.7 Å². The molecule has 1 aliphatic heterocycles. The highest BCUT2D eigenvalue weighted by atomic mass is 35.5. The van der Waals surface area contributed by atoms with Gasteiger partial charge < -0.3 is 15.4 Å². The van der Waals surface area contributed by atoms with Crippen LogP contribution in [0.5, 0.6) is 0 Å². The van der Waals surface area contributed by atoms with Crippen molar-refractivity contribution >= 4 is 34.0 Å². The lowest BCUT2D eigenvalue weighted by Crippen LogP contribution is -2.47. The second-order valence-electron chi connectivity index (χ2n) is 6.67. The van der Waals surface area contributed by atoms with E-state index in [2.05, 4.69) is 15.4 Å². The van der Waals surface area contributed by atoms with Gasteiger partial charge in [0.05, 0.1) is 11.5 Å². The quantitative estimate of drug-likeness (QED) is 0.641. The van der Waals surface area contributed by atoms with E-state index in [4.69, 9.17) is 4.74 Å². The van der Waals surface area contributed by atoms with Gasteiger partial charge in [0.2, 0.25) is 15.9 Å². The number of halogens is 1. The molecule has 1 heterocycles. The summed E-state index contributed by atoms with van der Waals surface area (Å²) in [6, 6.07) is 4.73. The second kappa shape index (κ2) is 9.66. The Morgan fingerprint density at radius 3 is 2.54 bits per heavy atom. The molecule has 1 amide bonds. The van der Waals surface area contributed by atoms with Gasteiger partial charge in [-0.05, 0) is 50.6 Å². The van der Waals surface area contributed by atoms with E-state index in [1.54, 1.807) is 19.2 Å². The number of nitrogens with one attached hydrogen (secondary N) is 3. The molecular formula is C17H28ClN3O4S. The predicted octanol–water partition coefficient (Wildman–Crippen LogP) is 1.67. The van der Waals surface area contributed by atoms with Gasteiger partial charge in [0.1, 0.15) is 0 Å². The minimum absolute atomic E-state index is 0. The summed E-state index contributed by atoms with van der Waals surface area (Å²) in [7, 11) is -2.03. The lowest BCUT2D eigenvalue weighted by molar-refractivity contribution is -0.114. The van der Waals surface area contributed by atoms with E-state index in [-0.39, 0.29) is 28.6 Å². The first kappa shape index (κ1) is 22.9. The third-order valence-electron chi connectivity index (χ3n) is 4.58. The molecule has 0 atom stereocenters. The molecule has 26 heavy (non-hydrogen) atoms. The molecule has 9 heteroatoms.